The van der Waals surface area contributed by atoms with E-state index in [4.69, 9.17) is 11.6 Å². The fourth-order valence-electron chi connectivity index (χ4n) is 0.674. The molecule has 1 rings (SSSR count). The minimum atomic E-state index is -3.00. The van der Waals surface area contributed by atoms with Crippen molar-refractivity contribution in [3.05, 3.63) is 11.8 Å². The van der Waals surface area contributed by atoms with Gasteiger partial charge in [-0.25, -0.2) is 8.78 Å². The highest BCUT2D eigenvalue weighted by atomic mass is 35.5. The maximum absolute atomic E-state index is 12.0. The first-order valence-corrected chi connectivity index (χ1v) is 3.17. The maximum Gasteiger partial charge on any atom is 0.265 e. The summed E-state index contributed by atoms with van der Waals surface area (Å²) in [6.45, 7) is 0. The van der Waals surface area contributed by atoms with Crippen molar-refractivity contribution in [1.82, 2.24) is 0 Å². The summed E-state index contributed by atoms with van der Waals surface area (Å²) < 4.78 is 24.1. The van der Waals surface area contributed by atoms with Crippen molar-refractivity contribution in [2.24, 2.45) is 10.2 Å². The summed E-state index contributed by atoms with van der Waals surface area (Å²) in [4.78, 5) is 7.75. The number of carboxylic acid groups (broad SMARTS) is 1. The Morgan fingerprint density at radius 3 is 2.67 bits per heavy atom. The van der Waals surface area contributed by atoms with Gasteiger partial charge in [-0.2, -0.15) is 10.2 Å². The Morgan fingerprint density at radius 2 is 2.33 bits per heavy atom. The quantitative estimate of drug-likeness (QED) is 0.469. The molecule has 1 atom stereocenters. The molecule has 1 unspecified atom stereocenters. The molecule has 0 aromatic carbocycles. The molecule has 0 aromatic heterocycles. The van der Waals surface area contributed by atoms with E-state index >= 15 is 0 Å². The monoisotopic (exact) mass is 195 g/mol. The fraction of sp³-hybridized carbons (Fsp3) is 0.400. The molecule has 1 aliphatic rings. The second-order valence-electron chi connectivity index (χ2n) is 2.01. The largest absolute Gasteiger partial charge is 0.546 e. The zero-order chi connectivity index (χ0) is 9.35. The smallest absolute Gasteiger partial charge is 0.265 e. The summed E-state index contributed by atoms with van der Waals surface area (Å²) in [5, 5.41) is 16.2. The van der Waals surface area contributed by atoms with Crippen LogP contribution in [0.2, 0.25) is 0 Å². The molecule has 7 heteroatoms. The van der Waals surface area contributed by atoms with Gasteiger partial charge in [-0.15, -0.1) is 0 Å². The Hall–Kier alpha value is -1.04. The van der Waals surface area contributed by atoms with E-state index in [9.17, 15) is 18.7 Å². The third kappa shape index (κ3) is 1.18. The highest BCUT2D eigenvalue weighted by molar-refractivity contribution is 6.35. The Kier molecular flexibility index (Phi) is 2.10. The summed E-state index contributed by atoms with van der Waals surface area (Å²) in [6, 6.07) is 0. The maximum atomic E-state index is 12.0. The number of hydrogen-bond acceptors (Lipinski definition) is 4. The van der Waals surface area contributed by atoms with Crippen LogP contribution in [0.1, 0.15) is 0 Å². The summed E-state index contributed by atoms with van der Waals surface area (Å²) in [5.41, 5.74) is -0.871. The number of carbonyl (C=O) groups is 1. The van der Waals surface area contributed by atoms with E-state index in [1.165, 1.54) is 0 Å². The lowest BCUT2D eigenvalue weighted by Crippen LogP contribution is -2.44. The molecule has 4 nitrogen and oxygen atoms in total. The molecule has 0 aliphatic carbocycles. The Bertz CT molecular complexity index is 279. The molecule has 66 valence electrons. The van der Waals surface area contributed by atoms with E-state index in [0.717, 1.165) is 0 Å². The van der Waals surface area contributed by atoms with Crippen molar-refractivity contribution in [3.63, 3.8) is 0 Å². The zero-order valence-electron chi connectivity index (χ0n) is 5.50. The molecule has 12 heavy (non-hydrogen) atoms. The summed E-state index contributed by atoms with van der Waals surface area (Å²) in [5.74, 6) is -1.91. The molecule has 0 saturated carbocycles. The number of aliphatic carboxylic acids is 1. The average molecular weight is 196 g/mol. The Balaban J connectivity index is 3.00. The highest BCUT2D eigenvalue weighted by Crippen LogP contribution is 2.35. The third-order valence-corrected chi connectivity index (χ3v) is 1.73. The zero-order valence-corrected chi connectivity index (χ0v) is 6.26. The van der Waals surface area contributed by atoms with Gasteiger partial charge in [0.2, 0.25) is 5.00 Å². The van der Waals surface area contributed by atoms with Gasteiger partial charge in [-0.05, 0) is 0 Å². The van der Waals surface area contributed by atoms with Gasteiger partial charge in [0.05, 0.1) is 17.7 Å². The fourth-order valence-corrected chi connectivity index (χ4v) is 0.848. The number of carboxylic acids is 1. The summed E-state index contributed by atoms with van der Waals surface area (Å²) in [6.07, 6.45) is -2.39. The highest BCUT2D eigenvalue weighted by Gasteiger charge is 2.41. The molecule has 0 N–H and O–H groups in total. The molecular weight excluding hydrogens is 194 g/mol. The van der Waals surface area contributed by atoms with Gasteiger partial charge in [0.25, 0.3) is 6.43 Å². The van der Waals surface area contributed by atoms with Crippen molar-refractivity contribution in [1.29, 1.82) is 0 Å². The van der Waals surface area contributed by atoms with E-state index in [1.54, 1.807) is 0 Å². The van der Waals surface area contributed by atoms with Crippen molar-refractivity contribution >= 4 is 17.6 Å². The SMILES string of the molecule is O=C([O-])C1(Cl)N=NC=C1C(F)F. The average Bonchev–Trinajstić information content (AvgIpc) is 2.32. The standard InChI is InChI=1S/C5H3ClF2N2O2/c6-5(4(11)12)2(3(7)8)1-9-10-5/h1,3H,(H,11,12)/p-1. The number of hydrogen-bond donors (Lipinski definition) is 0. The van der Waals surface area contributed by atoms with Crippen LogP contribution in [0.15, 0.2) is 22.0 Å². The minimum Gasteiger partial charge on any atom is -0.546 e. The molecule has 0 bridgehead atoms. The Morgan fingerprint density at radius 1 is 1.75 bits per heavy atom. The van der Waals surface area contributed by atoms with Crippen LogP contribution in [0.3, 0.4) is 0 Å². The molecule has 0 fully saturated rings. The van der Waals surface area contributed by atoms with Gasteiger partial charge in [0, 0.05) is 0 Å². The van der Waals surface area contributed by atoms with Crippen molar-refractivity contribution < 1.29 is 18.7 Å². The molecular formula is C5H2ClF2N2O2-. The number of nitrogens with zero attached hydrogens (tertiary/aromatic N) is 2. The summed E-state index contributed by atoms with van der Waals surface area (Å²) in [7, 11) is 0. The number of azo groups is 1. The van der Waals surface area contributed by atoms with Gasteiger partial charge in [0.15, 0.2) is 0 Å². The van der Waals surface area contributed by atoms with Crippen molar-refractivity contribution in [2.45, 2.75) is 11.4 Å². The van der Waals surface area contributed by atoms with Gasteiger partial charge in [0.1, 0.15) is 0 Å². The van der Waals surface area contributed by atoms with Gasteiger partial charge < -0.3 is 9.90 Å². The van der Waals surface area contributed by atoms with E-state index in [0.29, 0.717) is 6.20 Å². The summed E-state index contributed by atoms with van der Waals surface area (Å²) >= 11 is 5.20. The van der Waals surface area contributed by atoms with E-state index < -0.39 is 23.0 Å². The first-order valence-electron chi connectivity index (χ1n) is 2.79. The van der Waals surface area contributed by atoms with E-state index in [-0.39, 0.29) is 0 Å². The third-order valence-electron chi connectivity index (χ3n) is 1.28. The van der Waals surface area contributed by atoms with Crippen molar-refractivity contribution in [2.75, 3.05) is 0 Å². The number of halogens is 3. The molecule has 0 saturated heterocycles. The lowest BCUT2D eigenvalue weighted by Gasteiger charge is -2.20. The second kappa shape index (κ2) is 2.78. The number of alkyl halides is 3. The number of carbonyl (C=O) groups excluding carboxylic acids is 1. The molecule has 0 amide bonds. The number of rotatable bonds is 2. The molecule has 0 spiro atoms. The molecule has 1 aliphatic heterocycles. The molecule has 0 radical (unpaired) electrons. The molecule has 1 heterocycles. The van der Waals surface area contributed by atoms with Crippen LogP contribution in [-0.2, 0) is 4.79 Å². The lowest BCUT2D eigenvalue weighted by molar-refractivity contribution is -0.308. The van der Waals surface area contributed by atoms with Crippen LogP contribution in [0.5, 0.6) is 0 Å². The first kappa shape index (κ1) is 9.05. The van der Waals surface area contributed by atoms with Crippen LogP contribution in [0.4, 0.5) is 8.78 Å². The minimum absolute atomic E-state index is 0.619. The van der Waals surface area contributed by atoms with E-state index in [1.807, 2.05) is 0 Å². The second-order valence-corrected chi connectivity index (χ2v) is 2.56. The predicted octanol–water partition coefficient (Wildman–Crippen LogP) is 0.286. The van der Waals surface area contributed by atoms with Crippen molar-refractivity contribution in [3.8, 4) is 0 Å². The Labute approximate surface area is 70.5 Å². The van der Waals surface area contributed by atoms with Crippen LogP contribution < -0.4 is 5.11 Å². The van der Waals surface area contributed by atoms with Crippen LogP contribution in [0.25, 0.3) is 0 Å². The first-order chi connectivity index (χ1) is 5.48. The van der Waals surface area contributed by atoms with E-state index in [2.05, 4.69) is 10.2 Å². The van der Waals surface area contributed by atoms with Crippen LogP contribution in [-0.4, -0.2) is 17.4 Å². The van der Waals surface area contributed by atoms with Crippen LogP contribution >= 0.6 is 11.6 Å². The topological polar surface area (TPSA) is 64.8 Å². The van der Waals surface area contributed by atoms with Gasteiger partial charge in [-0.3, -0.25) is 0 Å². The van der Waals surface area contributed by atoms with Gasteiger partial charge >= 0.3 is 0 Å². The molecule has 0 aromatic rings. The van der Waals surface area contributed by atoms with Gasteiger partial charge in [-0.1, -0.05) is 11.6 Å². The predicted molar refractivity (Wildman–Crippen MR) is 32.5 cm³/mol. The lowest BCUT2D eigenvalue weighted by atomic mass is 10.1. The normalized spacial score (nSPS) is 27.8. The van der Waals surface area contributed by atoms with Crippen LogP contribution in [0, 0.1) is 0 Å².